The molecule has 4 nitrogen and oxygen atoms in total. The number of hydrogen-bond acceptors (Lipinski definition) is 3. The molecule has 0 N–H and O–H groups in total. The van der Waals surface area contributed by atoms with Crippen LogP contribution in [0, 0.1) is 0 Å². The molecule has 0 atom stereocenters. The van der Waals surface area contributed by atoms with Crippen LogP contribution >= 0.6 is 0 Å². The van der Waals surface area contributed by atoms with Crippen LogP contribution in [0.1, 0.15) is 26.6 Å². The Morgan fingerprint density at radius 1 is 1.29 bits per heavy atom. The Labute approximate surface area is 97.8 Å². The van der Waals surface area contributed by atoms with Crippen LogP contribution in [-0.2, 0) is 16.7 Å². The normalized spacial score (nSPS) is 13.1. The molecule has 0 saturated carbocycles. The Morgan fingerprint density at radius 2 is 1.94 bits per heavy atom. The maximum absolute atomic E-state index is 11.8. The van der Waals surface area contributed by atoms with E-state index in [4.69, 9.17) is 0 Å². The van der Waals surface area contributed by atoms with E-state index in [2.05, 4.69) is 14.9 Å². The van der Waals surface area contributed by atoms with E-state index in [0.717, 1.165) is 0 Å². The van der Waals surface area contributed by atoms with Crippen molar-refractivity contribution in [2.24, 2.45) is 0 Å². The molecule has 1 aromatic rings. The van der Waals surface area contributed by atoms with Gasteiger partial charge in [0.05, 0.1) is 6.61 Å². The van der Waals surface area contributed by atoms with Crippen molar-refractivity contribution in [3.8, 4) is 0 Å². The first-order valence-corrected chi connectivity index (χ1v) is 5.24. The molecule has 0 spiro atoms. The van der Waals surface area contributed by atoms with Gasteiger partial charge in [0.2, 0.25) is 0 Å². The van der Waals surface area contributed by atoms with Gasteiger partial charge in [0, 0.05) is 12.0 Å². The molecule has 0 aliphatic heterocycles. The number of aromatic nitrogens is 3. The molecule has 0 fully saturated rings. The van der Waals surface area contributed by atoms with Crippen molar-refractivity contribution in [2.75, 3.05) is 13.2 Å². The smallest absolute Gasteiger partial charge is 0.372 e. The third-order valence-electron chi connectivity index (χ3n) is 2.08. The van der Waals surface area contributed by atoms with Crippen molar-refractivity contribution in [3.63, 3.8) is 0 Å². The molecule has 0 aliphatic rings. The zero-order chi connectivity index (χ0) is 13.1. The van der Waals surface area contributed by atoms with Crippen LogP contribution in [0.3, 0.4) is 0 Å². The van der Waals surface area contributed by atoms with Crippen molar-refractivity contribution in [2.45, 2.75) is 38.9 Å². The molecule has 1 heterocycles. The summed E-state index contributed by atoms with van der Waals surface area (Å²) in [5.41, 5.74) is -0.192. The average Bonchev–Trinajstić information content (AvgIpc) is 2.58. The molecule has 98 valence electrons. The second kappa shape index (κ2) is 5.03. The van der Waals surface area contributed by atoms with E-state index in [1.165, 1.54) is 0 Å². The summed E-state index contributed by atoms with van der Waals surface area (Å²) < 4.78 is 41.9. The van der Waals surface area contributed by atoms with E-state index in [0.29, 0.717) is 12.2 Å². The lowest BCUT2D eigenvalue weighted by molar-refractivity contribution is -0.173. The highest BCUT2D eigenvalue weighted by Crippen LogP contribution is 2.16. The van der Waals surface area contributed by atoms with Gasteiger partial charge < -0.3 is 9.30 Å². The third-order valence-corrected chi connectivity index (χ3v) is 2.08. The number of halogens is 3. The van der Waals surface area contributed by atoms with Crippen LogP contribution in [0.25, 0.3) is 0 Å². The monoisotopic (exact) mass is 251 g/mol. The Bertz CT molecular complexity index is 354. The summed E-state index contributed by atoms with van der Waals surface area (Å²) in [6, 6.07) is 0. The van der Waals surface area contributed by atoms with Gasteiger partial charge in [0.1, 0.15) is 18.8 Å². The molecule has 0 radical (unpaired) electrons. The summed E-state index contributed by atoms with van der Waals surface area (Å²) in [7, 11) is 0. The lowest BCUT2D eigenvalue weighted by Gasteiger charge is -2.22. The maximum Gasteiger partial charge on any atom is 0.411 e. The van der Waals surface area contributed by atoms with Crippen LogP contribution in [0.5, 0.6) is 0 Å². The minimum Gasteiger partial charge on any atom is -0.372 e. The molecule has 1 aromatic heterocycles. The van der Waals surface area contributed by atoms with Gasteiger partial charge in [-0.05, 0) is 20.8 Å². The Balaban J connectivity index is 2.45. The summed E-state index contributed by atoms with van der Waals surface area (Å²) in [6.45, 7) is 4.66. The fourth-order valence-electron chi connectivity index (χ4n) is 1.34. The summed E-state index contributed by atoms with van der Waals surface area (Å²) in [6.07, 6.45) is -2.40. The Kier molecular flexibility index (Phi) is 4.13. The molecule has 0 aromatic carbocycles. The summed E-state index contributed by atoms with van der Waals surface area (Å²) in [5.74, 6) is 0.625. The minimum absolute atomic E-state index is 0.0196. The fourth-order valence-corrected chi connectivity index (χ4v) is 1.34. The van der Waals surface area contributed by atoms with Gasteiger partial charge in [-0.15, -0.1) is 10.2 Å². The van der Waals surface area contributed by atoms with Gasteiger partial charge in [-0.3, -0.25) is 0 Å². The largest absolute Gasteiger partial charge is 0.411 e. The fraction of sp³-hybridized carbons (Fsp3) is 0.800. The van der Waals surface area contributed by atoms with Crippen molar-refractivity contribution in [1.29, 1.82) is 0 Å². The van der Waals surface area contributed by atoms with Crippen LogP contribution in [0.15, 0.2) is 6.33 Å². The van der Waals surface area contributed by atoms with Crippen LogP contribution < -0.4 is 0 Å². The van der Waals surface area contributed by atoms with Gasteiger partial charge in [0.15, 0.2) is 0 Å². The lowest BCUT2D eigenvalue weighted by Crippen LogP contribution is -2.24. The molecule has 0 bridgehead atoms. The Hall–Kier alpha value is -1.11. The van der Waals surface area contributed by atoms with E-state index in [9.17, 15) is 13.2 Å². The van der Waals surface area contributed by atoms with Gasteiger partial charge in [-0.2, -0.15) is 13.2 Å². The van der Waals surface area contributed by atoms with Crippen LogP contribution in [0.2, 0.25) is 0 Å². The van der Waals surface area contributed by atoms with Crippen molar-refractivity contribution < 1.29 is 17.9 Å². The number of hydrogen-bond donors (Lipinski definition) is 0. The van der Waals surface area contributed by atoms with E-state index in [1.807, 2.05) is 25.3 Å². The summed E-state index contributed by atoms with van der Waals surface area (Å²) in [5, 5.41) is 7.62. The highest BCUT2D eigenvalue weighted by atomic mass is 19.4. The predicted molar refractivity (Wildman–Crippen MR) is 55.6 cm³/mol. The number of ether oxygens (including phenoxy) is 1. The summed E-state index contributed by atoms with van der Waals surface area (Å²) >= 11 is 0. The molecular formula is C10H16F3N3O. The number of rotatable bonds is 4. The van der Waals surface area contributed by atoms with Crippen molar-refractivity contribution in [1.82, 2.24) is 14.8 Å². The van der Waals surface area contributed by atoms with Gasteiger partial charge in [-0.25, -0.2) is 0 Å². The number of alkyl halides is 3. The molecule has 1 rings (SSSR count). The standard InChI is InChI=1S/C10H16F3N3O/c1-9(2,3)16-7-14-15-8(16)4-5-17-6-10(11,12)13/h7H,4-6H2,1-3H3. The second-order valence-electron chi connectivity index (χ2n) is 4.71. The topological polar surface area (TPSA) is 39.9 Å². The molecule has 7 heteroatoms. The molecule has 0 amide bonds. The van der Waals surface area contributed by atoms with Gasteiger partial charge >= 0.3 is 6.18 Å². The molecule has 0 aliphatic carbocycles. The first-order valence-electron chi connectivity index (χ1n) is 5.24. The van der Waals surface area contributed by atoms with E-state index < -0.39 is 12.8 Å². The number of nitrogens with zero attached hydrogens (tertiary/aromatic N) is 3. The molecule has 17 heavy (non-hydrogen) atoms. The summed E-state index contributed by atoms with van der Waals surface area (Å²) in [4.78, 5) is 0. The van der Waals surface area contributed by atoms with E-state index >= 15 is 0 Å². The first-order chi connectivity index (χ1) is 7.70. The van der Waals surface area contributed by atoms with Crippen molar-refractivity contribution >= 4 is 0 Å². The highest BCUT2D eigenvalue weighted by molar-refractivity contribution is 4.92. The van der Waals surface area contributed by atoms with Crippen molar-refractivity contribution in [3.05, 3.63) is 12.2 Å². The lowest BCUT2D eigenvalue weighted by atomic mass is 10.1. The second-order valence-corrected chi connectivity index (χ2v) is 4.71. The first kappa shape index (κ1) is 14.0. The van der Waals surface area contributed by atoms with E-state index in [1.54, 1.807) is 6.33 Å². The van der Waals surface area contributed by atoms with Gasteiger partial charge in [0.25, 0.3) is 0 Å². The van der Waals surface area contributed by atoms with E-state index in [-0.39, 0.29) is 12.1 Å². The third kappa shape index (κ3) is 4.72. The molecule has 0 saturated heterocycles. The SMILES string of the molecule is CC(C)(C)n1cnnc1CCOCC(F)(F)F. The average molecular weight is 251 g/mol. The highest BCUT2D eigenvalue weighted by Gasteiger charge is 2.27. The molecular weight excluding hydrogens is 235 g/mol. The predicted octanol–water partition coefficient (Wildman–Crippen LogP) is 2.15. The molecule has 0 unspecified atom stereocenters. The zero-order valence-corrected chi connectivity index (χ0v) is 10.1. The quantitative estimate of drug-likeness (QED) is 0.770. The van der Waals surface area contributed by atoms with Gasteiger partial charge in [-0.1, -0.05) is 0 Å². The van der Waals surface area contributed by atoms with Crippen LogP contribution in [-0.4, -0.2) is 34.2 Å². The maximum atomic E-state index is 11.8. The zero-order valence-electron chi connectivity index (χ0n) is 10.1. The van der Waals surface area contributed by atoms with Crippen LogP contribution in [0.4, 0.5) is 13.2 Å². The minimum atomic E-state index is -4.28. The Morgan fingerprint density at radius 3 is 2.47 bits per heavy atom.